The molecule has 0 saturated heterocycles. The summed E-state index contributed by atoms with van der Waals surface area (Å²) >= 11 is 3.51. The minimum absolute atomic E-state index is 0.0953. The number of amides is 1. The van der Waals surface area contributed by atoms with Crippen LogP contribution in [0, 0.1) is 0 Å². The molecule has 0 spiro atoms. The largest absolute Gasteiger partial charge is 0.490 e. The van der Waals surface area contributed by atoms with Crippen molar-refractivity contribution in [3.05, 3.63) is 57.6 Å². The number of hydrogen-bond donors (Lipinski definition) is 1. The van der Waals surface area contributed by atoms with Crippen LogP contribution in [0.15, 0.2) is 40.9 Å². The van der Waals surface area contributed by atoms with Gasteiger partial charge in [-0.15, -0.1) is 0 Å². The molecule has 1 unspecified atom stereocenters. The molecule has 0 radical (unpaired) electrons. The van der Waals surface area contributed by atoms with E-state index in [0.29, 0.717) is 26.1 Å². The lowest BCUT2D eigenvalue weighted by Crippen LogP contribution is -2.27. The molecule has 0 saturated carbocycles. The Hall–Kier alpha value is -2.01. The summed E-state index contributed by atoms with van der Waals surface area (Å²) < 4.78 is 12.5. The highest BCUT2D eigenvalue weighted by Gasteiger charge is 2.23. The fourth-order valence-corrected chi connectivity index (χ4v) is 4.03. The van der Waals surface area contributed by atoms with E-state index in [1.807, 2.05) is 24.3 Å². The Kier molecular flexibility index (Phi) is 5.16. The lowest BCUT2D eigenvalue weighted by molar-refractivity contribution is -0.121. The van der Waals surface area contributed by atoms with Crippen molar-refractivity contribution in [2.24, 2.45) is 0 Å². The summed E-state index contributed by atoms with van der Waals surface area (Å²) in [7, 11) is 0. The fourth-order valence-electron chi connectivity index (χ4n) is 3.62. The highest BCUT2D eigenvalue weighted by Crippen LogP contribution is 2.33. The maximum atomic E-state index is 12.4. The summed E-state index contributed by atoms with van der Waals surface area (Å²) in [6.07, 6.45) is 4.06. The Morgan fingerprint density at radius 3 is 2.85 bits per heavy atom. The van der Waals surface area contributed by atoms with Gasteiger partial charge in [-0.1, -0.05) is 28.1 Å². The number of nitrogens with one attached hydrogen (secondary N) is 1. The van der Waals surface area contributed by atoms with Crippen molar-refractivity contribution >= 4 is 21.8 Å². The van der Waals surface area contributed by atoms with Crippen LogP contribution in [-0.4, -0.2) is 19.1 Å². The van der Waals surface area contributed by atoms with Gasteiger partial charge in [-0.25, -0.2) is 0 Å². The quantitative estimate of drug-likeness (QED) is 0.807. The number of benzene rings is 2. The lowest BCUT2D eigenvalue weighted by Gasteiger charge is -2.14. The number of hydrogen-bond acceptors (Lipinski definition) is 3. The number of halogens is 1. The second-order valence-corrected chi connectivity index (χ2v) is 7.75. The molecular weight excluding hydrogens is 394 g/mol. The van der Waals surface area contributed by atoms with Crippen LogP contribution >= 0.6 is 15.9 Å². The van der Waals surface area contributed by atoms with Crippen molar-refractivity contribution in [3.63, 3.8) is 0 Å². The van der Waals surface area contributed by atoms with Gasteiger partial charge < -0.3 is 14.8 Å². The van der Waals surface area contributed by atoms with Gasteiger partial charge in [-0.3, -0.25) is 4.79 Å². The van der Waals surface area contributed by atoms with E-state index >= 15 is 0 Å². The van der Waals surface area contributed by atoms with E-state index in [0.717, 1.165) is 40.8 Å². The third kappa shape index (κ3) is 3.88. The van der Waals surface area contributed by atoms with E-state index in [2.05, 4.69) is 33.4 Å². The SMILES string of the molecule is O=C(CCc1ccc2c(c1)OCCCO2)NC1CCc2cc(Br)ccc21. The topological polar surface area (TPSA) is 47.6 Å². The maximum absolute atomic E-state index is 12.4. The molecule has 1 aliphatic carbocycles. The predicted octanol–water partition coefficient (Wildman–Crippen LogP) is 4.35. The molecular formula is C21H22BrNO3. The third-order valence-corrected chi connectivity index (χ3v) is 5.46. The first-order chi connectivity index (χ1) is 12.7. The van der Waals surface area contributed by atoms with Crippen molar-refractivity contribution in [1.82, 2.24) is 5.32 Å². The van der Waals surface area contributed by atoms with E-state index in [1.54, 1.807) is 0 Å². The molecule has 0 aromatic heterocycles. The molecule has 4 rings (SSSR count). The van der Waals surface area contributed by atoms with Crippen LogP contribution in [0.4, 0.5) is 0 Å². The summed E-state index contributed by atoms with van der Waals surface area (Å²) in [5, 5.41) is 3.19. The van der Waals surface area contributed by atoms with Crippen molar-refractivity contribution < 1.29 is 14.3 Å². The van der Waals surface area contributed by atoms with Crippen LogP contribution in [-0.2, 0) is 17.6 Å². The summed E-state index contributed by atoms with van der Waals surface area (Å²) in [6.45, 7) is 1.36. The van der Waals surface area contributed by atoms with Gasteiger partial charge in [0.15, 0.2) is 11.5 Å². The molecule has 4 nitrogen and oxygen atoms in total. The molecule has 1 aliphatic heterocycles. The highest BCUT2D eigenvalue weighted by molar-refractivity contribution is 9.10. The second-order valence-electron chi connectivity index (χ2n) is 6.83. The average Bonchev–Trinajstić information content (AvgIpc) is 2.87. The van der Waals surface area contributed by atoms with Crippen molar-refractivity contribution in [3.8, 4) is 11.5 Å². The average molecular weight is 416 g/mol. The van der Waals surface area contributed by atoms with Gasteiger partial charge in [-0.05, 0) is 60.2 Å². The molecule has 136 valence electrons. The van der Waals surface area contributed by atoms with Gasteiger partial charge in [0.2, 0.25) is 5.91 Å². The maximum Gasteiger partial charge on any atom is 0.220 e. The molecule has 0 fully saturated rings. The van der Waals surface area contributed by atoms with E-state index < -0.39 is 0 Å². The molecule has 5 heteroatoms. The van der Waals surface area contributed by atoms with Crippen LogP contribution in [0.1, 0.15) is 42.0 Å². The standard InChI is InChI=1S/C21H22BrNO3/c22-16-5-6-17-15(13-16)4-7-18(17)23-21(24)9-3-14-2-8-19-20(12-14)26-11-1-10-25-19/h2,5-6,8,12-13,18H,1,3-4,7,9-11H2,(H,23,24). The highest BCUT2D eigenvalue weighted by atomic mass is 79.9. The van der Waals surface area contributed by atoms with Crippen LogP contribution in [0.25, 0.3) is 0 Å². The molecule has 2 aromatic carbocycles. The molecule has 26 heavy (non-hydrogen) atoms. The second kappa shape index (κ2) is 7.70. The zero-order chi connectivity index (χ0) is 17.9. The molecule has 1 N–H and O–H groups in total. The van der Waals surface area contributed by atoms with Crippen molar-refractivity contribution in [1.29, 1.82) is 0 Å². The van der Waals surface area contributed by atoms with Gasteiger partial charge >= 0.3 is 0 Å². The Morgan fingerprint density at radius 1 is 1.12 bits per heavy atom. The zero-order valence-electron chi connectivity index (χ0n) is 14.6. The summed E-state index contributed by atoms with van der Waals surface area (Å²) in [5.74, 6) is 1.68. The van der Waals surface area contributed by atoms with Crippen LogP contribution in [0.5, 0.6) is 11.5 Å². The van der Waals surface area contributed by atoms with E-state index in [4.69, 9.17) is 9.47 Å². The van der Waals surface area contributed by atoms with Crippen molar-refractivity contribution in [2.45, 2.75) is 38.1 Å². The van der Waals surface area contributed by atoms with Crippen LogP contribution in [0.3, 0.4) is 0 Å². The number of ether oxygens (including phenoxy) is 2. The molecule has 1 heterocycles. The molecule has 2 aliphatic rings. The van der Waals surface area contributed by atoms with Gasteiger partial charge in [-0.2, -0.15) is 0 Å². The first-order valence-electron chi connectivity index (χ1n) is 9.15. The number of carbonyl (C=O) groups excluding carboxylic acids is 1. The number of rotatable bonds is 4. The van der Waals surface area contributed by atoms with Crippen molar-refractivity contribution in [2.75, 3.05) is 13.2 Å². The Bertz CT molecular complexity index is 821. The Balaban J connectivity index is 1.34. The minimum Gasteiger partial charge on any atom is -0.490 e. The number of carbonyl (C=O) groups is 1. The molecule has 2 aromatic rings. The van der Waals surface area contributed by atoms with Gasteiger partial charge in [0.25, 0.3) is 0 Å². The Labute approximate surface area is 162 Å². The minimum atomic E-state index is 0.0953. The Morgan fingerprint density at radius 2 is 1.96 bits per heavy atom. The first kappa shape index (κ1) is 17.4. The van der Waals surface area contributed by atoms with E-state index in [1.165, 1.54) is 11.1 Å². The van der Waals surface area contributed by atoms with Gasteiger partial charge in [0, 0.05) is 17.3 Å². The number of fused-ring (bicyclic) bond motifs is 2. The molecule has 1 amide bonds. The molecule has 0 bridgehead atoms. The third-order valence-electron chi connectivity index (χ3n) is 4.97. The van der Waals surface area contributed by atoms with Crippen LogP contribution in [0.2, 0.25) is 0 Å². The summed E-state index contributed by atoms with van der Waals surface area (Å²) in [5.41, 5.74) is 3.67. The zero-order valence-corrected chi connectivity index (χ0v) is 16.2. The predicted molar refractivity (Wildman–Crippen MR) is 104 cm³/mol. The van der Waals surface area contributed by atoms with E-state index in [-0.39, 0.29) is 11.9 Å². The normalized spacial score (nSPS) is 18.1. The molecule has 1 atom stereocenters. The van der Waals surface area contributed by atoms with Gasteiger partial charge in [0.1, 0.15) is 0 Å². The smallest absolute Gasteiger partial charge is 0.220 e. The lowest BCUT2D eigenvalue weighted by atomic mass is 10.1. The summed E-state index contributed by atoms with van der Waals surface area (Å²) in [6, 6.07) is 12.4. The fraction of sp³-hybridized carbons (Fsp3) is 0.381. The summed E-state index contributed by atoms with van der Waals surface area (Å²) in [4.78, 5) is 12.4. The van der Waals surface area contributed by atoms with E-state index in [9.17, 15) is 4.79 Å². The van der Waals surface area contributed by atoms with Crippen LogP contribution < -0.4 is 14.8 Å². The van der Waals surface area contributed by atoms with Gasteiger partial charge in [0.05, 0.1) is 19.3 Å². The first-order valence-corrected chi connectivity index (χ1v) is 9.94. The monoisotopic (exact) mass is 415 g/mol. The number of aryl methyl sites for hydroxylation is 2.